The van der Waals surface area contributed by atoms with Crippen molar-refractivity contribution < 1.29 is 57.7 Å². The van der Waals surface area contributed by atoms with Crippen LogP contribution in [0.25, 0.3) is 0 Å². The van der Waals surface area contributed by atoms with Gasteiger partial charge in [0, 0.05) is 0 Å². The Hall–Kier alpha value is 0.284. The number of hydrogen-bond donors (Lipinski definition) is 0. The van der Waals surface area contributed by atoms with E-state index >= 15 is 0 Å². The molecule has 1 aromatic rings. The molecule has 0 fully saturated rings. The molecule has 0 nitrogen and oxygen atoms in total. The molecule has 0 aliphatic heterocycles. The van der Waals surface area contributed by atoms with Crippen molar-refractivity contribution >= 4 is 0 Å². The van der Waals surface area contributed by atoms with E-state index in [4.69, 9.17) is 0 Å². The van der Waals surface area contributed by atoms with Gasteiger partial charge >= 0.3 is 110 Å². The monoisotopic (exact) mass is 350 g/mol. The first kappa shape index (κ1) is 21.6. The first-order valence-electron chi connectivity index (χ1n) is 5.75. The van der Waals surface area contributed by atoms with Crippen LogP contribution < -0.4 is 37.2 Å². The second-order valence-electron chi connectivity index (χ2n) is 4.59. The average molecular weight is 352 g/mol. The Bertz CT molecular complexity index is 490. The zero-order chi connectivity index (χ0) is 11.7. The van der Waals surface area contributed by atoms with Crippen LogP contribution >= 0.6 is 0 Å². The van der Waals surface area contributed by atoms with Crippen molar-refractivity contribution in [3.63, 3.8) is 0 Å². The topological polar surface area (TPSA) is 0 Å². The molecule has 4 heteroatoms. The molecule has 0 N–H and O–H groups in total. The summed E-state index contributed by atoms with van der Waals surface area (Å²) in [6, 6.07) is 4.53. The zero-order valence-electron chi connectivity index (χ0n) is 11.4. The number of aryl methyl sites for hydroxylation is 1. The molecule has 19 heavy (non-hydrogen) atoms. The van der Waals surface area contributed by atoms with E-state index in [0.717, 1.165) is 12.8 Å². The predicted molar refractivity (Wildman–Crippen MR) is 65.1 cm³/mol. The van der Waals surface area contributed by atoms with Crippen LogP contribution in [0.2, 0.25) is 0 Å². The smallest absolute Gasteiger partial charge is 1.00 e. The summed E-state index contributed by atoms with van der Waals surface area (Å²) in [6.45, 7) is 6.66. The maximum Gasteiger partial charge on any atom is -1.00 e. The van der Waals surface area contributed by atoms with Gasteiger partial charge in [-0.2, -0.15) is 0 Å². The molecule has 0 radical (unpaired) electrons. The number of rotatable bonds is 2. The summed E-state index contributed by atoms with van der Waals surface area (Å²) in [7, 11) is 0. The van der Waals surface area contributed by atoms with Gasteiger partial charge in [-0.15, -0.1) is 0 Å². The number of allylic oxidation sites excluding steroid dienone is 4. The quantitative estimate of drug-likeness (QED) is 0.468. The van der Waals surface area contributed by atoms with Crippen molar-refractivity contribution in [3.8, 4) is 0 Å². The molecule has 0 saturated carbocycles. The third-order valence-corrected chi connectivity index (χ3v) is 4.42. The van der Waals surface area contributed by atoms with E-state index in [-0.39, 0.29) is 37.2 Å². The van der Waals surface area contributed by atoms with Crippen LogP contribution in [0.15, 0.2) is 33.7 Å². The Morgan fingerprint density at radius 2 is 1.63 bits per heavy atom. The van der Waals surface area contributed by atoms with E-state index < -0.39 is 0 Å². The molecule has 1 aliphatic carbocycles. The first-order valence-corrected chi connectivity index (χ1v) is 6.53. The van der Waals surface area contributed by atoms with Crippen molar-refractivity contribution in [2.24, 2.45) is 0 Å². The normalized spacial score (nSPS) is 12.7. The van der Waals surface area contributed by atoms with Crippen molar-refractivity contribution in [2.45, 2.75) is 33.6 Å². The molecule has 0 unspecified atom stereocenters. The number of benzene rings is 1. The fourth-order valence-electron chi connectivity index (χ4n) is 2.15. The standard InChI is InChI=1S/C15H17.3ClH.Ti/c1-11-8-9-15(13(3)12(11)2)10-14-6-4-5-7-14;;;;/h4-5,8-9H,6,10H2,1-3H3;3*1H;/q;;;;+3/p-3. The van der Waals surface area contributed by atoms with Crippen LogP contribution in [-0.4, -0.2) is 0 Å². The molecule has 0 spiro atoms. The molecule has 1 aliphatic rings. The van der Waals surface area contributed by atoms with Gasteiger partial charge in [-0.05, 0) is 0 Å². The van der Waals surface area contributed by atoms with Gasteiger partial charge in [0.1, 0.15) is 0 Å². The SMILES string of the molecule is Cc1ccc(CC2=[C]([Ti+3])C=CC2)c(C)c1C.[Cl-].[Cl-].[Cl-]. The van der Waals surface area contributed by atoms with E-state index in [2.05, 4.69) is 65.5 Å². The van der Waals surface area contributed by atoms with Crippen LogP contribution in [0.5, 0.6) is 0 Å². The van der Waals surface area contributed by atoms with Gasteiger partial charge in [-0.1, -0.05) is 0 Å². The van der Waals surface area contributed by atoms with Crippen LogP contribution in [-0.2, 0) is 26.9 Å². The molecule has 0 saturated heterocycles. The largest absolute Gasteiger partial charge is 1.00 e. The first-order chi connectivity index (χ1) is 7.59. The second-order valence-corrected chi connectivity index (χ2v) is 5.43. The van der Waals surface area contributed by atoms with Gasteiger partial charge in [0.05, 0.1) is 0 Å². The zero-order valence-corrected chi connectivity index (χ0v) is 15.2. The van der Waals surface area contributed by atoms with E-state index in [1.165, 1.54) is 26.1 Å². The maximum absolute atomic E-state index is 2.29. The third-order valence-electron chi connectivity index (χ3n) is 3.60. The van der Waals surface area contributed by atoms with Crippen molar-refractivity contribution in [1.29, 1.82) is 0 Å². The maximum atomic E-state index is 2.29. The van der Waals surface area contributed by atoms with Crippen LogP contribution in [0.4, 0.5) is 0 Å². The van der Waals surface area contributed by atoms with E-state index in [1.807, 2.05) is 0 Å². The van der Waals surface area contributed by atoms with E-state index in [0.29, 0.717) is 0 Å². The molecule has 1 aromatic carbocycles. The van der Waals surface area contributed by atoms with Crippen molar-refractivity contribution in [3.05, 3.63) is 56.0 Å². The molecule has 102 valence electrons. The Morgan fingerprint density at radius 1 is 1.00 bits per heavy atom. The Balaban J connectivity index is 0. The summed E-state index contributed by atoms with van der Waals surface area (Å²) >= 11 is 2.22. The minimum absolute atomic E-state index is 0. The summed E-state index contributed by atoms with van der Waals surface area (Å²) in [4.78, 5) is 0. The fraction of sp³-hybridized carbons (Fsp3) is 0.333. The minimum atomic E-state index is 0. The minimum Gasteiger partial charge on any atom is -1.00 e. The molecule has 0 amide bonds. The van der Waals surface area contributed by atoms with Crippen molar-refractivity contribution in [1.82, 2.24) is 0 Å². The summed E-state index contributed by atoms with van der Waals surface area (Å²) in [5, 5.41) is 0. The summed E-state index contributed by atoms with van der Waals surface area (Å²) in [5.74, 6) is 0. The summed E-state index contributed by atoms with van der Waals surface area (Å²) in [6.07, 6.45) is 6.76. The molecule has 0 heterocycles. The van der Waals surface area contributed by atoms with E-state index in [9.17, 15) is 0 Å². The Labute approximate surface area is 146 Å². The van der Waals surface area contributed by atoms with Gasteiger partial charge in [-0.25, -0.2) is 0 Å². The number of hydrogen-bond acceptors (Lipinski definition) is 0. The van der Waals surface area contributed by atoms with Gasteiger partial charge in [-0.3, -0.25) is 0 Å². The van der Waals surface area contributed by atoms with Gasteiger partial charge in [0.2, 0.25) is 0 Å². The molecular formula is C15H17Cl3Ti. The second kappa shape index (κ2) is 9.26. The van der Waals surface area contributed by atoms with Crippen LogP contribution in [0, 0.1) is 20.8 Å². The van der Waals surface area contributed by atoms with Crippen LogP contribution in [0.1, 0.15) is 28.7 Å². The Kier molecular flexibility index (Phi) is 10.5. The summed E-state index contributed by atoms with van der Waals surface area (Å²) < 4.78 is 1.46. The van der Waals surface area contributed by atoms with Gasteiger partial charge < -0.3 is 37.2 Å². The Morgan fingerprint density at radius 3 is 2.16 bits per heavy atom. The van der Waals surface area contributed by atoms with Gasteiger partial charge in [0.15, 0.2) is 0 Å². The third kappa shape index (κ3) is 4.95. The van der Waals surface area contributed by atoms with Crippen molar-refractivity contribution in [2.75, 3.05) is 0 Å². The van der Waals surface area contributed by atoms with E-state index in [1.54, 1.807) is 5.57 Å². The molecule has 0 aromatic heterocycles. The molecule has 2 rings (SSSR count). The fourth-order valence-corrected chi connectivity index (χ4v) is 2.63. The number of halogens is 3. The van der Waals surface area contributed by atoms with Gasteiger partial charge in [0.25, 0.3) is 0 Å². The summed E-state index contributed by atoms with van der Waals surface area (Å²) in [5.41, 5.74) is 7.37. The molecule has 0 atom stereocenters. The molecule has 0 bridgehead atoms. The predicted octanol–water partition coefficient (Wildman–Crippen LogP) is -5.07. The average Bonchev–Trinajstić information content (AvgIpc) is 2.65. The van der Waals surface area contributed by atoms with Crippen LogP contribution in [0.3, 0.4) is 0 Å². The molecular weight excluding hydrogens is 334 g/mol.